The molecule has 0 bridgehead atoms. The monoisotopic (exact) mass is 281 g/mol. The molecule has 0 amide bonds. The summed E-state index contributed by atoms with van der Waals surface area (Å²) in [6.45, 7) is 7.29. The van der Waals surface area contributed by atoms with E-state index in [4.69, 9.17) is 15.9 Å². The number of hydrogen-bond donors (Lipinski definition) is 2. The standard InChI is InChI=1S/C15H24FN3O/c1-11(2)9-19(6-7-20-3)10-12-4-5-13(16)8-14(12)15(17)18/h4-5,8,11H,6-7,9-10H2,1-3H3,(H3,17,18). The van der Waals surface area contributed by atoms with Crippen LogP contribution in [0.25, 0.3) is 0 Å². The molecule has 0 saturated carbocycles. The van der Waals surface area contributed by atoms with Crippen molar-refractivity contribution in [1.82, 2.24) is 4.90 Å². The van der Waals surface area contributed by atoms with Gasteiger partial charge in [0.1, 0.15) is 11.7 Å². The molecule has 0 aliphatic heterocycles. The van der Waals surface area contributed by atoms with Gasteiger partial charge in [0, 0.05) is 32.3 Å². The van der Waals surface area contributed by atoms with Gasteiger partial charge in [0.2, 0.25) is 0 Å². The Morgan fingerprint density at radius 3 is 2.70 bits per heavy atom. The fourth-order valence-electron chi connectivity index (χ4n) is 2.15. The van der Waals surface area contributed by atoms with Crippen molar-refractivity contribution in [2.45, 2.75) is 20.4 Å². The molecular weight excluding hydrogens is 257 g/mol. The average Bonchev–Trinajstić information content (AvgIpc) is 2.37. The van der Waals surface area contributed by atoms with Crippen LogP contribution in [0.15, 0.2) is 18.2 Å². The molecule has 1 rings (SSSR count). The van der Waals surface area contributed by atoms with E-state index in [1.165, 1.54) is 12.1 Å². The molecule has 3 N–H and O–H groups in total. The van der Waals surface area contributed by atoms with Crippen LogP contribution in [0, 0.1) is 17.1 Å². The van der Waals surface area contributed by atoms with Crippen molar-refractivity contribution in [3.8, 4) is 0 Å². The zero-order valence-corrected chi connectivity index (χ0v) is 12.4. The number of nitrogens with one attached hydrogen (secondary N) is 1. The molecule has 0 spiro atoms. The lowest BCUT2D eigenvalue weighted by Crippen LogP contribution is -2.31. The normalized spacial score (nSPS) is 11.3. The third kappa shape index (κ3) is 5.27. The molecule has 0 unspecified atom stereocenters. The van der Waals surface area contributed by atoms with Gasteiger partial charge in [-0.15, -0.1) is 0 Å². The molecular formula is C15H24FN3O. The second kappa shape index (κ2) is 7.97. The van der Waals surface area contributed by atoms with Gasteiger partial charge in [-0.25, -0.2) is 4.39 Å². The van der Waals surface area contributed by atoms with Crippen LogP contribution in [0.1, 0.15) is 25.0 Å². The van der Waals surface area contributed by atoms with Crippen molar-refractivity contribution in [3.63, 3.8) is 0 Å². The van der Waals surface area contributed by atoms with Crippen LogP contribution in [0.2, 0.25) is 0 Å². The number of hydrogen-bond acceptors (Lipinski definition) is 3. The number of ether oxygens (including phenoxy) is 1. The SMILES string of the molecule is COCCN(Cc1ccc(F)cc1C(=N)N)CC(C)C. The van der Waals surface area contributed by atoms with Crippen LogP contribution in [-0.4, -0.2) is 37.5 Å². The van der Waals surface area contributed by atoms with Crippen LogP contribution in [0.4, 0.5) is 4.39 Å². The summed E-state index contributed by atoms with van der Waals surface area (Å²) in [7, 11) is 1.67. The molecule has 20 heavy (non-hydrogen) atoms. The molecule has 5 heteroatoms. The minimum Gasteiger partial charge on any atom is -0.384 e. The van der Waals surface area contributed by atoms with Crippen LogP contribution in [0.3, 0.4) is 0 Å². The summed E-state index contributed by atoms with van der Waals surface area (Å²) >= 11 is 0. The highest BCUT2D eigenvalue weighted by Gasteiger charge is 2.13. The Hall–Kier alpha value is -1.46. The van der Waals surface area contributed by atoms with E-state index in [0.717, 1.165) is 18.7 Å². The Kier molecular flexibility index (Phi) is 6.61. The number of amidine groups is 1. The van der Waals surface area contributed by atoms with E-state index in [2.05, 4.69) is 18.7 Å². The van der Waals surface area contributed by atoms with Gasteiger partial charge in [-0.05, 0) is 23.6 Å². The van der Waals surface area contributed by atoms with Crippen molar-refractivity contribution >= 4 is 5.84 Å². The van der Waals surface area contributed by atoms with Gasteiger partial charge in [-0.2, -0.15) is 0 Å². The molecule has 0 aliphatic carbocycles. The quantitative estimate of drug-likeness (QED) is 0.567. The van der Waals surface area contributed by atoms with Crippen LogP contribution in [-0.2, 0) is 11.3 Å². The summed E-state index contributed by atoms with van der Waals surface area (Å²) in [6.07, 6.45) is 0. The Bertz CT molecular complexity index is 449. The van der Waals surface area contributed by atoms with Gasteiger partial charge in [0.25, 0.3) is 0 Å². The predicted molar refractivity (Wildman–Crippen MR) is 79.4 cm³/mol. The Labute approximate surface area is 120 Å². The zero-order valence-electron chi connectivity index (χ0n) is 12.4. The molecule has 0 fully saturated rings. The van der Waals surface area contributed by atoms with Crippen LogP contribution < -0.4 is 5.73 Å². The number of rotatable bonds is 8. The third-order valence-electron chi connectivity index (χ3n) is 2.99. The smallest absolute Gasteiger partial charge is 0.123 e. The highest BCUT2D eigenvalue weighted by molar-refractivity contribution is 5.96. The van der Waals surface area contributed by atoms with E-state index in [0.29, 0.717) is 24.6 Å². The maximum absolute atomic E-state index is 13.3. The van der Waals surface area contributed by atoms with Crippen LogP contribution in [0.5, 0.6) is 0 Å². The van der Waals surface area contributed by atoms with E-state index in [1.807, 2.05) is 0 Å². The fraction of sp³-hybridized carbons (Fsp3) is 0.533. The maximum atomic E-state index is 13.3. The molecule has 0 heterocycles. The highest BCUT2D eigenvalue weighted by Crippen LogP contribution is 2.14. The summed E-state index contributed by atoms with van der Waals surface area (Å²) in [4.78, 5) is 2.23. The zero-order chi connectivity index (χ0) is 15.1. The lowest BCUT2D eigenvalue weighted by molar-refractivity contribution is 0.136. The first-order chi connectivity index (χ1) is 9.43. The number of methoxy groups -OCH3 is 1. The van der Waals surface area contributed by atoms with Gasteiger partial charge in [-0.3, -0.25) is 10.3 Å². The third-order valence-corrected chi connectivity index (χ3v) is 2.99. The molecule has 0 aromatic heterocycles. The largest absolute Gasteiger partial charge is 0.384 e. The Balaban J connectivity index is 2.88. The summed E-state index contributed by atoms with van der Waals surface area (Å²) in [5.74, 6) is 0.0510. The molecule has 1 aromatic carbocycles. The van der Waals surface area contributed by atoms with Gasteiger partial charge in [0.15, 0.2) is 0 Å². The molecule has 0 atom stereocenters. The lowest BCUT2D eigenvalue weighted by atomic mass is 10.1. The first-order valence-corrected chi connectivity index (χ1v) is 6.78. The minimum absolute atomic E-state index is 0.101. The number of halogens is 1. The summed E-state index contributed by atoms with van der Waals surface area (Å²) in [6, 6.07) is 4.43. The lowest BCUT2D eigenvalue weighted by Gasteiger charge is -2.25. The van der Waals surface area contributed by atoms with E-state index >= 15 is 0 Å². The molecule has 0 saturated heterocycles. The maximum Gasteiger partial charge on any atom is 0.123 e. The Morgan fingerprint density at radius 2 is 2.15 bits per heavy atom. The first kappa shape index (κ1) is 16.6. The topological polar surface area (TPSA) is 62.3 Å². The molecule has 1 aromatic rings. The van der Waals surface area contributed by atoms with Crippen LogP contribution >= 0.6 is 0 Å². The van der Waals surface area contributed by atoms with Crippen molar-refractivity contribution in [2.75, 3.05) is 26.8 Å². The number of nitrogens with zero attached hydrogens (tertiary/aromatic N) is 1. The predicted octanol–water partition coefficient (Wildman–Crippen LogP) is 2.21. The highest BCUT2D eigenvalue weighted by atomic mass is 19.1. The number of benzene rings is 1. The molecule has 112 valence electrons. The van der Waals surface area contributed by atoms with E-state index in [1.54, 1.807) is 13.2 Å². The minimum atomic E-state index is -0.369. The van der Waals surface area contributed by atoms with E-state index in [9.17, 15) is 4.39 Å². The van der Waals surface area contributed by atoms with E-state index < -0.39 is 0 Å². The molecule has 4 nitrogen and oxygen atoms in total. The summed E-state index contributed by atoms with van der Waals surface area (Å²) < 4.78 is 18.4. The van der Waals surface area contributed by atoms with Gasteiger partial charge >= 0.3 is 0 Å². The van der Waals surface area contributed by atoms with Crippen molar-refractivity contribution in [1.29, 1.82) is 5.41 Å². The molecule has 0 radical (unpaired) electrons. The molecule has 0 aliphatic rings. The van der Waals surface area contributed by atoms with Gasteiger partial charge < -0.3 is 10.5 Å². The summed E-state index contributed by atoms with van der Waals surface area (Å²) in [5, 5.41) is 7.56. The van der Waals surface area contributed by atoms with Crippen molar-refractivity contribution < 1.29 is 9.13 Å². The number of nitrogens with two attached hydrogens (primary N) is 1. The summed E-state index contributed by atoms with van der Waals surface area (Å²) in [5.41, 5.74) is 6.87. The van der Waals surface area contributed by atoms with Crippen molar-refractivity contribution in [3.05, 3.63) is 35.1 Å². The average molecular weight is 281 g/mol. The van der Waals surface area contributed by atoms with Gasteiger partial charge in [-0.1, -0.05) is 19.9 Å². The van der Waals surface area contributed by atoms with Crippen molar-refractivity contribution in [2.24, 2.45) is 11.7 Å². The fourth-order valence-corrected chi connectivity index (χ4v) is 2.15. The Morgan fingerprint density at radius 1 is 1.45 bits per heavy atom. The second-order valence-electron chi connectivity index (χ2n) is 5.34. The number of nitrogen functional groups attached to an aromatic ring is 1. The van der Waals surface area contributed by atoms with Gasteiger partial charge in [0.05, 0.1) is 6.61 Å². The first-order valence-electron chi connectivity index (χ1n) is 6.78. The van der Waals surface area contributed by atoms with E-state index in [-0.39, 0.29) is 11.7 Å². The second-order valence-corrected chi connectivity index (χ2v) is 5.34.